The second kappa shape index (κ2) is 7.03. The van der Waals surface area contributed by atoms with Crippen LogP contribution >= 0.6 is 0 Å². The Bertz CT molecular complexity index is 683. The first-order valence-electron chi connectivity index (χ1n) is 9.22. The minimum atomic E-state index is 0.578. The summed E-state index contributed by atoms with van der Waals surface area (Å²) < 4.78 is 2.41. The van der Waals surface area contributed by atoms with Crippen LogP contribution in [0.1, 0.15) is 36.6 Å². The molecule has 2 aliphatic heterocycles. The molecule has 5 heteroatoms. The summed E-state index contributed by atoms with van der Waals surface area (Å²) in [5.41, 5.74) is 3.39. The van der Waals surface area contributed by atoms with E-state index in [-0.39, 0.29) is 0 Å². The molecule has 0 unspecified atom stereocenters. The van der Waals surface area contributed by atoms with E-state index in [9.17, 15) is 0 Å². The summed E-state index contributed by atoms with van der Waals surface area (Å²) in [4.78, 5) is 11.9. The lowest BCUT2D eigenvalue weighted by molar-refractivity contribution is 0.173. The van der Waals surface area contributed by atoms with Gasteiger partial charge in [-0.15, -0.1) is 0 Å². The quantitative estimate of drug-likeness (QED) is 0.917. The maximum Gasteiger partial charge on any atom is 0.112 e. The highest BCUT2D eigenvalue weighted by Gasteiger charge is 2.22. The lowest BCUT2D eigenvalue weighted by Crippen LogP contribution is -2.39. The van der Waals surface area contributed by atoms with Crippen LogP contribution in [0.4, 0.5) is 0 Å². The minimum absolute atomic E-state index is 0.578. The van der Waals surface area contributed by atoms with E-state index in [0.717, 1.165) is 37.4 Å². The van der Waals surface area contributed by atoms with Crippen molar-refractivity contribution in [3.63, 3.8) is 0 Å². The van der Waals surface area contributed by atoms with Crippen LogP contribution in [0.15, 0.2) is 24.7 Å². The Morgan fingerprint density at radius 3 is 2.71 bits per heavy atom. The third kappa shape index (κ3) is 3.37. The van der Waals surface area contributed by atoms with Gasteiger partial charge >= 0.3 is 0 Å². The van der Waals surface area contributed by atoms with Crippen molar-refractivity contribution in [1.29, 1.82) is 0 Å². The smallest absolute Gasteiger partial charge is 0.112 e. The van der Waals surface area contributed by atoms with Crippen molar-refractivity contribution in [1.82, 2.24) is 24.8 Å². The molecule has 24 heavy (non-hydrogen) atoms. The van der Waals surface area contributed by atoms with Crippen LogP contribution in [0.2, 0.25) is 0 Å². The van der Waals surface area contributed by atoms with Gasteiger partial charge in [0.1, 0.15) is 5.82 Å². The van der Waals surface area contributed by atoms with Crippen LogP contribution in [0.3, 0.4) is 0 Å². The third-order valence-corrected chi connectivity index (χ3v) is 5.29. The van der Waals surface area contributed by atoms with Gasteiger partial charge in [0, 0.05) is 43.2 Å². The highest BCUT2D eigenvalue weighted by molar-refractivity contribution is 5.58. The number of aromatic nitrogens is 3. The van der Waals surface area contributed by atoms with Crippen LogP contribution in [0, 0.1) is 6.92 Å². The van der Waals surface area contributed by atoms with Crippen molar-refractivity contribution in [2.24, 2.45) is 0 Å². The van der Waals surface area contributed by atoms with E-state index < -0.39 is 0 Å². The molecule has 0 atom stereocenters. The highest BCUT2D eigenvalue weighted by atomic mass is 15.2. The Hall–Kier alpha value is -1.72. The van der Waals surface area contributed by atoms with Gasteiger partial charge in [-0.25, -0.2) is 4.98 Å². The van der Waals surface area contributed by atoms with Gasteiger partial charge in [-0.1, -0.05) is 0 Å². The molecular weight excluding hydrogens is 298 g/mol. The largest absolute Gasteiger partial charge is 0.333 e. The second-order valence-corrected chi connectivity index (χ2v) is 7.15. The SMILES string of the molecule is Cc1cncc(-c2cn(CCN3CCC3)c(C3CCNCC3)n2)c1. The van der Waals surface area contributed by atoms with Gasteiger partial charge in [0.25, 0.3) is 0 Å². The summed E-state index contributed by atoms with van der Waals surface area (Å²) in [6.07, 6.45) is 9.80. The van der Waals surface area contributed by atoms with Crippen LogP contribution < -0.4 is 5.32 Å². The molecule has 2 saturated heterocycles. The standard InChI is InChI=1S/C19H27N5/c1-15-11-17(13-21-12-15)18-14-24(10-9-23-7-2-8-23)19(22-18)16-3-5-20-6-4-16/h11-14,16,20H,2-10H2,1H3. The zero-order valence-electron chi connectivity index (χ0n) is 14.5. The Kier molecular flexibility index (Phi) is 4.63. The van der Waals surface area contributed by atoms with Gasteiger partial charge in [-0.05, 0) is 64.0 Å². The van der Waals surface area contributed by atoms with E-state index in [1.54, 1.807) is 0 Å². The lowest BCUT2D eigenvalue weighted by atomic mass is 9.97. The molecule has 2 aromatic rings. The van der Waals surface area contributed by atoms with Crippen molar-refractivity contribution >= 4 is 0 Å². The number of aryl methyl sites for hydroxylation is 1. The maximum atomic E-state index is 5.04. The Labute approximate surface area is 144 Å². The van der Waals surface area contributed by atoms with Crippen LogP contribution in [-0.2, 0) is 6.54 Å². The number of rotatable bonds is 5. The average Bonchev–Trinajstić information content (AvgIpc) is 2.99. The molecule has 2 aromatic heterocycles. The monoisotopic (exact) mass is 325 g/mol. The van der Waals surface area contributed by atoms with Gasteiger partial charge in [0.2, 0.25) is 0 Å². The molecule has 1 N–H and O–H groups in total. The molecule has 0 spiro atoms. The summed E-state index contributed by atoms with van der Waals surface area (Å²) in [6.45, 7) is 8.99. The van der Waals surface area contributed by atoms with E-state index >= 15 is 0 Å². The minimum Gasteiger partial charge on any atom is -0.333 e. The summed E-state index contributed by atoms with van der Waals surface area (Å²) in [7, 11) is 0. The first-order valence-corrected chi connectivity index (χ1v) is 9.22. The van der Waals surface area contributed by atoms with Gasteiger partial charge < -0.3 is 14.8 Å². The molecule has 0 saturated carbocycles. The van der Waals surface area contributed by atoms with Crippen molar-refractivity contribution < 1.29 is 0 Å². The average molecular weight is 325 g/mol. The fourth-order valence-corrected chi connectivity index (χ4v) is 3.70. The van der Waals surface area contributed by atoms with E-state index in [1.807, 2.05) is 12.4 Å². The van der Waals surface area contributed by atoms with Crippen molar-refractivity contribution in [2.75, 3.05) is 32.7 Å². The van der Waals surface area contributed by atoms with Crippen LogP contribution in [-0.4, -0.2) is 52.2 Å². The number of piperidine rings is 1. The second-order valence-electron chi connectivity index (χ2n) is 7.15. The van der Waals surface area contributed by atoms with E-state index in [2.05, 4.69) is 39.0 Å². The summed E-state index contributed by atoms with van der Waals surface area (Å²) in [5.74, 6) is 1.85. The molecule has 0 amide bonds. The predicted octanol–water partition coefficient (Wildman–Crippen LogP) is 2.43. The Morgan fingerprint density at radius 1 is 1.17 bits per heavy atom. The molecule has 4 heterocycles. The first-order chi connectivity index (χ1) is 11.8. The predicted molar refractivity (Wildman–Crippen MR) is 96.1 cm³/mol. The normalized spacial score (nSPS) is 19.4. The summed E-state index contributed by atoms with van der Waals surface area (Å²) in [5, 5.41) is 3.46. The first kappa shape index (κ1) is 15.8. The Morgan fingerprint density at radius 2 is 2.00 bits per heavy atom. The molecule has 0 bridgehead atoms. The molecule has 0 radical (unpaired) electrons. The van der Waals surface area contributed by atoms with Gasteiger partial charge in [0.15, 0.2) is 0 Å². The Balaban J connectivity index is 1.61. The fourth-order valence-electron chi connectivity index (χ4n) is 3.70. The number of imidazole rings is 1. The number of nitrogens with zero attached hydrogens (tertiary/aromatic N) is 4. The van der Waals surface area contributed by atoms with Crippen molar-refractivity contribution in [2.45, 2.75) is 38.6 Å². The number of hydrogen-bond donors (Lipinski definition) is 1. The molecule has 2 aliphatic rings. The van der Waals surface area contributed by atoms with Crippen LogP contribution in [0.25, 0.3) is 11.3 Å². The third-order valence-electron chi connectivity index (χ3n) is 5.29. The molecule has 0 aromatic carbocycles. The number of likely N-dealkylation sites (tertiary alicyclic amines) is 1. The number of pyridine rings is 1. The summed E-state index contributed by atoms with van der Waals surface area (Å²) in [6, 6.07) is 2.18. The van der Waals surface area contributed by atoms with E-state index in [1.165, 1.54) is 43.7 Å². The number of hydrogen-bond acceptors (Lipinski definition) is 4. The zero-order chi connectivity index (χ0) is 16.4. The molecular formula is C19H27N5. The molecule has 4 rings (SSSR count). The molecule has 128 valence electrons. The zero-order valence-corrected chi connectivity index (χ0v) is 14.5. The van der Waals surface area contributed by atoms with Crippen LogP contribution in [0.5, 0.6) is 0 Å². The van der Waals surface area contributed by atoms with Gasteiger partial charge in [-0.2, -0.15) is 0 Å². The van der Waals surface area contributed by atoms with E-state index in [4.69, 9.17) is 4.98 Å². The molecule has 0 aliphatic carbocycles. The highest BCUT2D eigenvalue weighted by Crippen LogP contribution is 2.28. The van der Waals surface area contributed by atoms with E-state index in [0.29, 0.717) is 5.92 Å². The topological polar surface area (TPSA) is 46.0 Å². The maximum absolute atomic E-state index is 5.04. The molecule has 2 fully saturated rings. The van der Waals surface area contributed by atoms with Crippen molar-refractivity contribution in [3.8, 4) is 11.3 Å². The lowest BCUT2D eigenvalue weighted by Gasteiger charge is -2.31. The van der Waals surface area contributed by atoms with Gasteiger partial charge in [0.05, 0.1) is 5.69 Å². The molecule has 5 nitrogen and oxygen atoms in total. The van der Waals surface area contributed by atoms with Crippen molar-refractivity contribution in [3.05, 3.63) is 36.0 Å². The van der Waals surface area contributed by atoms with Gasteiger partial charge in [-0.3, -0.25) is 4.98 Å². The summed E-state index contributed by atoms with van der Waals surface area (Å²) >= 11 is 0. The number of nitrogens with one attached hydrogen (secondary N) is 1. The fraction of sp³-hybridized carbons (Fsp3) is 0.579.